The van der Waals surface area contributed by atoms with E-state index in [1.54, 1.807) is 13.0 Å². The first-order chi connectivity index (χ1) is 8.56. The molecule has 0 unspecified atom stereocenters. The number of halogens is 1. The molecule has 18 heavy (non-hydrogen) atoms. The van der Waals surface area contributed by atoms with Crippen LogP contribution in [0.4, 0.5) is 10.1 Å². The molecule has 5 heteroatoms. The van der Waals surface area contributed by atoms with Crippen LogP contribution >= 0.6 is 0 Å². The number of hydrogen-bond donors (Lipinski definition) is 2. The normalized spacial score (nSPS) is 10.1. The van der Waals surface area contributed by atoms with Crippen LogP contribution in [0.25, 0.3) is 0 Å². The van der Waals surface area contributed by atoms with Gasteiger partial charge < -0.3 is 10.4 Å². The van der Waals surface area contributed by atoms with Crippen LogP contribution in [-0.4, -0.2) is 16.0 Å². The molecule has 0 aliphatic rings. The zero-order valence-electron chi connectivity index (χ0n) is 9.64. The molecule has 0 saturated carbocycles. The Morgan fingerprint density at radius 1 is 1.33 bits per heavy atom. The number of phenolic OH excluding ortho intramolecular Hbond substituents is 1. The van der Waals surface area contributed by atoms with Crippen LogP contribution < -0.4 is 5.32 Å². The smallest absolute Gasteiger partial charge is 0.255 e. The minimum atomic E-state index is -0.603. The number of nitrogens with zero attached hydrogens (tertiary/aromatic N) is 1. The van der Waals surface area contributed by atoms with Gasteiger partial charge in [-0.2, -0.15) is 4.39 Å². The number of aromatic nitrogens is 1. The highest BCUT2D eigenvalue weighted by Gasteiger charge is 2.08. The maximum atomic E-state index is 12.6. The molecule has 0 aliphatic heterocycles. The third kappa shape index (κ3) is 2.63. The molecule has 0 aliphatic carbocycles. The van der Waals surface area contributed by atoms with Crippen molar-refractivity contribution in [3.63, 3.8) is 0 Å². The van der Waals surface area contributed by atoms with Crippen molar-refractivity contribution in [1.29, 1.82) is 0 Å². The van der Waals surface area contributed by atoms with Crippen LogP contribution in [0.15, 0.2) is 36.5 Å². The monoisotopic (exact) mass is 246 g/mol. The summed E-state index contributed by atoms with van der Waals surface area (Å²) in [4.78, 5) is 15.3. The number of carbonyl (C=O) groups is 1. The van der Waals surface area contributed by atoms with Gasteiger partial charge >= 0.3 is 0 Å². The lowest BCUT2D eigenvalue weighted by molar-refractivity contribution is 0.102. The second kappa shape index (κ2) is 4.83. The van der Waals surface area contributed by atoms with Crippen molar-refractivity contribution >= 4 is 11.6 Å². The molecule has 2 aromatic rings. The van der Waals surface area contributed by atoms with Crippen LogP contribution in [0.3, 0.4) is 0 Å². The molecule has 1 amide bonds. The topological polar surface area (TPSA) is 62.2 Å². The summed E-state index contributed by atoms with van der Waals surface area (Å²) in [6.07, 6.45) is 1.24. The number of phenols is 1. The van der Waals surface area contributed by atoms with Crippen LogP contribution in [-0.2, 0) is 0 Å². The van der Waals surface area contributed by atoms with E-state index in [1.165, 1.54) is 24.4 Å². The summed E-state index contributed by atoms with van der Waals surface area (Å²) in [5, 5.41) is 11.9. The van der Waals surface area contributed by atoms with Crippen LogP contribution in [0.2, 0.25) is 0 Å². The van der Waals surface area contributed by atoms with Gasteiger partial charge in [0.05, 0.1) is 11.9 Å². The average Bonchev–Trinajstić information content (AvgIpc) is 2.35. The third-order valence-corrected chi connectivity index (χ3v) is 2.44. The second-order valence-corrected chi connectivity index (χ2v) is 3.82. The highest BCUT2D eigenvalue weighted by atomic mass is 19.1. The molecule has 2 rings (SSSR count). The van der Waals surface area contributed by atoms with E-state index in [0.29, 0.717) is 16.8 Å². The Hall–Kier alpha value is -2.43. The van der Waals surface area contributed by atoms with Crippen molar-refractivity contribution in [2.45, 2.75) is 6.92 Å². The van der Waals surface area contributed by atoms with Crippen molar-refractivity contribution < 1.29 is 14.3 Å². The maximum Gasteiger partial charge on any atom is 0.255 e. The van der Waals surface area contributed by atoms with Gasteiger partial charge in [0.1, 0.15) is 5.75 Å². The molecule has 0 radical (unpaired) electrons. The van der Waals surface area contributed by atoms with E-state index in [4.69, 9.17) is 0 Å². The number of amides is 1. The van der Waals surface area contributed by atoms with Crippen molar-refractivity contribution in [3.05, 3.63) is 53.6 Å². The maximum absolute atomic E-state index is 12.6. The lowest BCUT2D eigenvalue weighted by Gasteiger charge is -2.06. The fraction of sp³-hybridized carbons (Fsp3) is 0.0769. The van der Waals surface area contributed by atoms with Gasteiger partial charge in [0, 0.05) is 5.56 Å². The molecule has 1 heterocycles. The summed E-state index contributed by atoms with van der Waals surface area (Å²) in [5.74, 6) is -0.810. The Labute approximate surface area is 103 Å². The Kier molecular flexibility index (Phi) is 3.23. The first kappa shape index (κ1) is 12.0. The second-order valence-electron chi connectivity index (χ2n) is 3.82. The average molecular weight is 246 g/mol. The van der Waals surface area contributed by atoms with E-state index in [-0.39, 0.29) is 11.7 Å². The number of benzene rings is 1. The fourth-order valence-electron chi connectivity index (χ4n) is 1.45. The number of aromatic hydroxyl groups is 1. The summed E-state index contributed by atoms with van der Waals surface area (Å²) >= 11 is 0. The summed E-state index contributed by atoms with van der Waals surface area (Å²) in [7, 11) is 0. The molecule has 92 valence electrons. The molecule has 2 N–H and O–H groups in total. The SMILES string of the molecule is Cc1cc(C(=O)Nc2ccc(F)nc2)ccc1O. The molecule has 4 nitrogen and oxygen atoms in total. The van der Waals surface area contributed by atoms with Gasteiger partial charge in [0.2, 0.25) is 5.95 Å². The zero-order valence-corrected chi connectivity index (χ0v) is 9.64. The number of aryl methyl sites for hydroxylation is 1. The summed E-state index contributed by atoms with van der Waals surface area (Å²) < 4.78 is 12.6. The fourth-order valence-corrected chi connectivity index (χ4v) is 1.45. The van der Waals surface area contributed by atoms with Crippen molar-refractivity contribution in [1.82, 2.24) is 4.98 Å². The molecule has 0 bridgehead atoms. The molecular weight excluding hydrogens is 235 g/mol. The first-order valence-electron chi connectivity index (χ1n) is 5.29. The van der Waals surface area contributed by atoms with E-state index in [2.05, 4.69) is 10.3 Å². The van der Waals surface area contributed by atoms with E-state index < -0.39 is 5.95 Å². The molecule has 0 atom stereocenters. The minimum absolute atomic E-state index is 0.134. The highest BCUT2D eigenvalue weighted by molar-refractivity contribution is 6.04. The van der Waals surface area contributed by atoms with E-state index in [0.717, 1.165) is 6.07 Å². The van der Waals surface area contributed by atoms with Crippen LogP contribution in [0, 0.1) is 12.9 Å². The Morgan fingerprint density at radius 2 is 2.11 bits per heavy atom. The van der Waals surface area contributed by atoms with Gasteiger partial charge in [-0.05, 0) is 42.8 Å². The highest BCUT2D eigenvalue weighted by Crippen LogP contribution is 2.17. The van der Waals surface area contributed by atoms with E-state index in [9.17, 15) is 14.3 Å². The van der Waals surface area contributed by atoms with E-state index in [1.807, 2.05) is 0 Å². The van der Waals surface area contributed by atoms with Gasteiger partial charge in [-0.3, -0.25) is 4.79 Å². The van der Waals surface area contributed by atoms with Gasteiger partial charge in [-0.15, -0.1) is 0 Å². The Bertz CT molecular complexity index is 582. The summed E-state index contributed by atoms with van der Waals surface area (Å²) in [6, 6.07) is 7.12. The summed E-state index contributed by atoms with van der Waals surface area (Å²) in [5.41, 5.74) is 1.43. The van der Waals surface area contributed by atoms with Gasteiger partial charge in [-0.25, -0.2) is 4.98 Å². The molecule has 1 aromatic carbocycles. The predicted molar refractivity (Wildman–Crippen MR) is 65.0 cm³/mol. The van der Waals surface area contributed by atoms with E-state index >= 15 is 0 Å². The Morgan fingerprint density at radius 3 is 2.72 bits per heavy atom. The van der Waals surface area contributed by atoms with Crippen LogP contribution in [0.1, 0.15) is 15.9 Å². The summed E-state index contributed by atoms with van der Waals surface area (Å²) in [6.45, 7) is 1.70. The minimum Gasteiger partial charge on any atom is -0.508 e. The van der Waals surface area contributed by atoms with Crippen LogP contribution in [0.5, 0.6) is 5.75 Å². The number of hydrogen-bond acceptors (Lipinski definition) is 3. The number of nitrogens with one attached hydrogen (secondary N) is 1. The molecule has 1 aromatic heterocycles. The number of pyridine rings is 1. The molecule has 0 fully saturated rings. The molecular formula is C13H11FN2O2. The van der Waals surface area contributed by atoms with Gasteiger partial charge in [0.25, 0.3) is 5.91 Å². The Balaban J connectivity index is 2.16. The molecule has 0 spiro atoms. The number of anilines is 1. The largest absolute Gasteiger partial charge is 0.508 e. The lowest BCUT2D eigenvalue weighted by Crippen LogP contribution is -2.12. The number of rotatable bonds is 2. The third-order valence-electron chi connectivity index (χ3n) is 2.44. The van der Waals surface area contributed by atoms with Gasteiger partial charge in [-0.1, -0.05) is 0 Å². The standard InChI is InChI=1S/C13H11FN2O2/c1-8-6-9(2-4-11(8)17)13(18)16-10-3-5-12(14)15-7-10/h2-7,17H,1H3,(H,16,18). The first-order valence-corrected chi connectivity index (χ1v) is 5.29. The number of carbonyl (C=O) groups excluding carboxylic acids is 1. The van der Waals surface area contributed by atoms with Crippen molar-refractivity contribution in [3.8, 4) is 5.75 Å². The lowest BCUT2D eigenvalue weighted by atomic mass is 10.1. The quantitative estimate of drug-likeness (QED) is 0.800. The van der Waals surface area contributed by atoms with Crippen molar-refractivity contribution in [2.75, 3.05) is 5.32 Å². The van der Waals surface area contributed by atoms with Gasteiger partial charge in [0.15, 0.2) is 0 Å². The molecule has 0 saturated heterocycles. The van der Waals surface area contributed by atoms with Crippen molar-refractivity contribution in [2.24, 2.45) is 0 Å². The predicted octanol–water partition coefficient (Wildman–Crippen LogP) is 2.49. The zero-order chi connectivity index (χ0) is 13.1.